The van der Waals surface area contributed by atoms with E-state index < -0.39 is 46.5 Å². The van der Waals surface area contributed by atoms with Gasteiger partial charge in [-0.2, -0.15) is 0 Å². The Morgan fingerprint density at radius 3 is 1.17 bits per heavy atom. The minimum atomic E-state index is -1.63. The first-order chi connectivity index (χ1) is 28.6. The lowest BCUT2D eigenvalue weighted by Crippen LogP contribution is -2.67. The lowest BCUT2D eigenvalue weighted by Gasteiger charge is -2.48. The van der Waals surface area contributed by atoms with Crippen LogP contribution >= 0.6 is 0 Å². The second-order valence-corrected chi connectivity index (χ2v) is 18.1. The van der Waals surface area contributed by atoms with Crippen molar-refractivity contribution in [1.82, 2.24) is 38.5 Å². The van der Waals surface area contributed by atoms with E-state index in [4.69, 9.17) is 0 Å². The van der Waals surface area contributed by atoms with Crippen molar-refractivity contribution in [1.29, 1.82) is 0 Å². The number of hydrogen-bond donors (Lipinski definition) is 0. The Balaban J connectivity index is 1.00. The molecular formula is C44H50N8O8. The molecule has 16 heteroatoms. The van der Waals surface area contributed by atoms with Gasteiger partial charge < -0.3 is 18.9 Å². The lowest BCUT2D eigenvalue weighted by atomic mass is 9.74. The molecule has 4 fully saturated rings. The number of urea groups is 2. The molecule has 0 spiro atoms. The molecule has 16 nitrogen and oxygen atoms in total. The number of rotatable bonds is 8. The van der Waals surface area contributed by atoms with Gasteiger partial charge in [-0.15, -0.1) is 0 Å². The number of carbonyl (C=O) groups excluding carboxylic acids is 6. The highest BCUT2D eigenvalue weighted by atomic mass is 16.2. The molecule has 3 aromatic rings. The molecule has 8 heterocycles. The summed E-state index contributed by atoms with van der Waals surface area (Å²) in [5.41, 5.74) is -0.128. The summed E-state index contributed by atoms with van der Waals surface area (Å²) in [4.78, 5) is 117. The average molecular weight is 819 g/mol. The second kappa shape index (κ2) is 14.5. The van der Waals surface area contributed by atoms with Crippen LogP contribution in [0.1, 0.15) is 47.2 Å². The van der Waals surface area contributed by atoms with Crippen LogP contribution in [0.3, 0.4) is 0 Å². The van der Waals surface area contributed by atoms with Crippen LogP contribution in [0.4, 0.5) is 9.59 Å². The van der Waals surface area contributed by atoms with Gasteiger partial charge in [-0.3, -0.25) is 48.4 Å². The second-order valence-electron chi connectivity index (χ2n) is 18.1. The molecule has 314 valence electrons. The molecule has 0 radical (unpaired) electrons. The Morgan fingerprint density at radius 1 is 0.467 bits per heavy atom. The van der Waals surface area contributed by atoms with E-state index in [-0.39, 0.29) is 60.7 Å². The molecule has 60 heavy (non-hydrogen) atoms. The zero-order valence-electron chi connectivity index (χ0n) is 34.4. The van der Waals surface area contributed by atoms with E-state index in [1.165, 1.54) is 28.2 Å². The molecule has 4 atom stereocenters. The summed E-state index contributed by atoms with van der Waals surface area (Å²) in [6.07, 6.45) is 1.79. The Kier molecular flexibility index (Phi) is 9.58. The van der Waals surface area contributed by atoms with Crippen LogP contribution < -0.4 is 11.1 Å². The Bertz CT molecular complexity index is 2240. The molecule has 1 aromatic carbocycles. The van der Waals surface area contributed by atoms with Crippen molar-refractivity contribution >= 4 is 35.7 Å². The van der Waals surface area contributed by atoms with Gasteiger partial charge in [0.15, 0.2) is 0 Å². The number of pyridine rings is 2. The highest BCUT2D eigenvalue weighted by molar-refractivity contribution is 6.20. The van der Waals surface area contributed by atoms with Crippen LogP contribution in [0.15, 0.2) is 70.3 Å². The molecule has 4 bridgehead atoms. The van der Waals surface area contributed by atoms with Crippen molar-refractivity contribution in [2.45, 2.75) is 50.6 Å². The van der Waals surface area contributed by atoms with Crippen molar-refractivity contribution in [3.05, 3.63) is 104 Å². The van der Waals surface area contributed by atoms with E-state index in [2.05, 4.69) is 9.80 Å². The minimum Gasteiger partial charge on any atom is -0.312 e. The summed E-state index contributed by atoms with van der Waals surface area (Å²) in [6, 6.07) is 16.4. The number of aromatic nitrogens is 2. The fraction of sp³-hybridized carbons (Fsp3) is 0.500. The van der Waals surface area contributed by atoms with E-state index in [0.29, 0.717) is 50.4 Å². The first-order valence-corrected chi connectivity index (χ1v) is 20.7. The SMILES string of the molecule is CN1C(=O)N(C)C(=O)C(Cc2ccc(CC3(CN4C[C@@H]5C[C@H](C4)c4cccc(=O)n4C5)C(=O)N(C)C(=O)N(C)C3=O)cc2)(CN2C[C@@H]3C[C@H](C2)c2cccc(=O)n2C3)C1=O. The maximum absolute atomic E-state index is 14.3. The Hall–Kier alpha value is -5.74. The third kappa shape index (κ3) is 6.25. The predicted molar refractivity (Wildman–Crippen MR) is 217 cm³/mol. The van der Waals surface area contributed by atoms with Gasteiger partial charge in [0, 0.05) is 116 Å². The maximum Gasteiger partial charge on any atom is 0.332 e. The van der Waals surface area contributed by atoms with Crippen molar-refractivity contribution in [3.63, 3.8) is 0 Å². The molecule has 0 unspecified atom stereocenters. The van der Waals surface area contributed by atoms with E-state index in [1.807, 2.05) is 21.3 Å². The molecule has 4 saturated heterocycles. The van der Waals surface area contributed by atoms with Crippen LogP contribution in [0.2, 0.25) is 0 Å². The van der Waals surface area contributed by atoms with Crippen LogP contribution in [0.25, 0.3) is 0 Å². The van der Waals surface area contributed by atoms with Gasteiger partial charge in [-0.05, 0) is 60.8 Å². The summed E-state index contributed by atoms with van der Waals surface area (Å²) in [5, 5.41) is 0. The van der Waals surface area contributed by atoms with Crippen molar-refractivity contribution in [2.24, 2.45) is 22.7 Å². The summed E-state index contributed by atoms with van der Waals surface area (Å²) >= 11 is 0. The third-order valence-electron chi connectivity index (χ3n) is 14.1. The summed E-state index contributed by atoms with van der Waals surface area (Å²) in [5.74, 6) is -1.95. The molecule has 0 saturated carbocycles. The maximum atomic E-state index is 14.3. The predicted octanol–water partition coefficient (Wildman–Crippen LogP) is 1.41. The van der Waals surface area contributed by atoms with Gasteiger partial charge in [0.1, 0.15) is 10.8 Å². The van der Waals surface area contributed by atoms with Crippen LogP contribution in [0, 0.1) is 22.7 Å². The number of piperidine rings is 2. The van der Waals surface area contributed by atoms with Crippen molar-refractivity contribution in [3.8, 4) is 0 Å². The van der Waals surface area contributed by atoms with Crippen LogP contribution in [-0.4, -0.2) is 142 Å². The standard InChI is InChI=1S/C44H50N8O8/c1-45-37(55)43(38(56)46(2)41(45)59,25-49-19-29-15-31(23-49)33-7-5-9-35(53)51(33)21-29)17-27-11-13-28(14-12-27)18-44(39(57)47(3)42(60)48(4)40(44)58)26-50-20-30-16-32(24-50)34-8-6-10-36(54)52(34)22-30/h5-14,29-32H,15-26H2,1-4H3/t29-,30-,31+,32+/m0/s1. The van der Waals surface area contributed by atoms with Crippen molar-refractivity contribution < 1.29 is 28.8 Å². The van der Waals surface area contributed by atoms with Gasteiger partial charge >= 0.3 is 12.1 Å². The molecule has 9 rings (SSSR count). The Morgan fingerprint density at radius 2 is 0.817 bits per heavy atom. The number of barbiturate groups is 2. The number of likely N-dealkylation sites (tertiary alicyclic amines) is 2. The zero-order chi connectivity index (χ0) is 42.4. The summed E-state index contributed by atoms with van der Waals surface area (Å²) in [7, 11) is 5.57. The topological polar surface area (TPSA) is 166 Å². The fourth-order valence-electron chi connectivity index (χ4n) is 11.4. The average Bonchev–Trinajstić information content (AvgIpc) is 3.23. The largest absolute Gasteiger partial charge is 0.332 e. The van der Waals surface area contributed by atoms with Gasteiger partial charge in [0.05, 0.1) is 0 Å². The molecule has 6 aliphatic rings. The van der Waals surface area contributed by atoms with E-state index in [1.54, 1.807) is 48.5 Å². The van der Waals surface area contributed by atoms with Gasteiger partial charge in [0.25, 0.3) is 11.1 Å². The molecule has 0 aliphatic carbocycles. The Labute approximate surface area is 346 Å². The molecule has 0 N–H and O–H groups in total. The number of amides is 8. The number of imide groups is 4. The lowest BCUT2D eigenvalue weighted by molar-refractivity contribution is -0.160. The highest BCUT2D eigenvalue weighted by Gasteiger charge is 2.58. The fourth-order valence-corrected chi connectivity index (χ4v) is 11.4. The molecular weight excluding hydrogens is 769 g/mol. The van der Waals surface area contributed by atoms with Gasteiger partial charge in [0.2, 0.25) is 23.6 Å². The van der Waals surface area contributed by atoms with Crippen molar-refractivity contribution in [2.75, 3.05) is 67.5 Å². The first kappa shape index (κ1) is 39.7. The zero-order valence-corrected chi connectivity index (χ0v) is 34.4. The van der Waals surface area contributed by atoms with E-state index in [9.17, 15) is 38.4 Å². The van der Waals surface area contributed by atoms with E-state index in [0.717, 1.165) is 43.8 Å². The number of hydrogen-bond acceptors (Lipinski definition) is 10. The number of benzene rings is 1. The van der Waals surface area contributed by atoms with Crippen LogP contribution in [0.5, 0.6) is 0 Å². The smallest absolute Gasteiger partial charge is 0.312 e. The highest BCUT2D eigenvalue weighted by Crippen LogP contribution is 2.42. The summed E-state index contributed by atoms with van der Waals surface area (Å²) < 4.78 is 3.66. The van der Waals surface area contributed by atoms with Gasteiger partial charge in [-0.1, -0.05) is 36.4 Å². The minimum absolute atomic E-state index is 0.00111. The molecule has 6 aliphatic heterocycles. The summed E-state index contributed by atoms with van der Waals surface area (Å²) in [6.45, 7) is 3.51. The number of carbonyl (C=O) groups is 6. The number of nitrogens with zero attached hydrogens (tertiary/aromatic N) is 8. The quantitative estimate of drug-likeness (QED) is 0.304. The van der Waals surface area contributed by atoms with Gasteiger partial charge in [-0.25, -0.2) is 9.59 Å². The monoisotopic (exact) mass is 818 g/mol. The first-order valence-electron chi connectivity index (χ1n) is 20.7. The normalized spacial score (nSPS) is 26.4. The molecule has 8 amide bonds. The number of fused-ring (bicyclic) bond motifs is 8. The van der Waals surface area contributed by atoms with Crippen LogP contribution in [-0.2, 0) is 45.1 Å². The third-order valence-corrected chi connectivity index (χ3v) is 14.1. The molecule has 2 aromatic heterocycles. The van der Waals surface area contributed by atoms with E-state index >= 15 is 0 Å².